The summed E-state index contributed by atoms with van der Waals surface area (Å²) in [6, 6.07) is 12.9. The van der Waals surface area contributed by atoms with E-state index in [-0.39, 0.29) is 18.2 Å². The Hall–Kier alpha value is -2.82. The van der Waals surface area contributed by atoms with Crippen LogP contribution in [0.3, 0.4) is 0 Å². The summed E-state index contributed by atoms with van der Waals surface area (Å²) in [5.74, 6) is 0.218. The van der Waals surface area contributed by atoms with E-state index >= 15 is 0 Å². The van der Waals surface area contributed by atoms with Crippen molar-refractivity contribution in [3.05, 3.63) is 53.6 Å². The van der Waals surface area contributed by atoms with E-state index in [2.05, 4.69) is 10.6 Å². The minimum atomic E-state index is -0.174. The van der Waals surface area contributed by atoms with Gasteiger partial charge in [-0.05, 0) is 30.7 Å². The summed E-state index contributed by atoms with van der Waals surface area (Å²) in [5, 5.41) is 5.50. The molecule has 0 aliphatic rings. The van der Waals surface area contributed by atoms with Crippen LogP contribution < -0.4 is 15.4 Å². The maximum Gasteiger partial charge on any atom is 0.228 e. The van der Waals surface area contributed by atoms with Crippen molar-refractivity contribution in [2.24, 2.45) is 0 Å². The van der Waals surface area contributed by atoms with Gasteiger partial charge in [-0.25, -0.2) is 0 Å². The molecule has 0 spiro atoms. The van der Waals surface area contributed by atoms with Crippen LogP contribution in [-0.2, 0) is 16.0 Å². The van der Waals surface area contributed by atoms with E-state index in [1.54, 1.807) is 18.2 Å². The molecule has 2 rings (SSSR count). The molecule has 0 aliphatic heterocycles. The fraction of sp³-hybridized carbons (Fsp3) is 0.222. The van der Waals surface area contributed by atoms with Crippen LogP contribution >= 0.6 is 0 Å². The van der Waals surface area contributed by atoms with Gasteiger partial charge in [0, 0.05) is 12.6 Å². The first-order valence-corrected chi connectivity index (χ1v) is 7.29. The number of methoxy groups -OCH3 is 1. The van der Waals surface area contributed by atoms with E-state index in [1.807, 2.05) is 31.2 Å². The highest BCUT2D eigenvalue weighted by Crippen LogP contribution is 2.28. The van der Waals surface area contributed by atoms with Crippen molar-refractivity contribution in [1.82, 2.24) is 0 Å². The lowest BCUT2D eigenvalue weighted by Gasteiger charge is -2.12. The van der Waals surface area contributed by atoms with Crippen LogP contribution in [0.1, 0.15) is 18.1 Å². The zero-order chi connectivity index (χ0) is 16.8. The van der Waals surface area contributed by atoms with E-state index in [0.717, 1.165) is 11.1 Å². The number of aryl methyl sites for hydroxylation is 1. The second-order valence-electron chi connectivity index (χ2n) is 5.31. The maximum atomic E-state index is 12.2. The lowest BCUT2D eigenvalue weighted by atomic mass is 10.1. The fourth-order valence-electron chi connectivity index (χ4n) is 2.17. The van der Waals surface area contributed by atoms with E-state index in [1.165, 1.54) is 14.0 Å². The zero-order valence-corrected chi connectivity index (χ0v) is 13.5. The number of hydrogen-bond donors (Lipinski definition) is 2. The molecule has 0 saturated carbocycles. The summed E-state index contributed by atoms with van der Waals surface area (Å²) in [7, 11) is 1.53. The van der Waals surface area contributed by atoms with Gasteiger partial charge in [0.25, 0.3) is 0 Å². The normalized spacial score (nSPS) is 10.0. The van der Waals surface area contributed by atoms with E-state index in [0.29, 0.717) is 17.1 Å². The molecule has 0 aliphatic carbocycles. The highest BCUT2D eigenvalue weighted by molar-refractivity contribution is 5.95. The van der Waals surface area contributed by atoms with Crippen LogP contribution in [0.2, 0.25) is 0 Å². The van der Waals surface area contributed by atoms with Crippen molar-refractivity contribution in [2.75, 3.05) is 17.7 Å². The molecule has 5 heteroatoms. The van der Waals surface area contributed by atoms with E-state index < -0.39 is 0 Å². The molecule has 0 aromatic heterocycles. The number of carbonyl (C=O) groups is 2. The summed E-state index contributed by atoms with van der Waals surface area (Å²) < 4.78 is 5.24. The predicted molar refractivity (Wildman–Crippen MR) is 90.8 cm³/mol. The minimum absolute atomic E-state index is 0.146. The summed E-state index contributed by atoms with van der Waals surface area (Å²) >= 11 is 0. The monoisotopic (exact) mass is 312 g/mol. The third-order valence-electron chi connectivity index (χ3n) is 3.28. The Balaban J connectivity index is 2.12. The third-order valence-corrected chi connectivity index (χ3v) is 3.28. The lowest BCUT2D eigenvalue weighted by Crippen LogP contribution is -2.15. The summed E-state index contributed by atoms with van der Waals surface area (Å²) in [5.41, 5.74) is 3.21. The standard InChI is InChI=1S/C18H20N2O3/c1-12-4-6-14(7-5-12)10-18(22)20-16-11-15(19-13(2)21)8-9-17(16)23-3/h4-9,11H,10H2,1-3H3,(H,19,21)(H,20,22). The average molecular weight is 312 g/mol. The molecule has 2 aromatic carbocycles. The van der Waals surface area contributed by atoms with Gasteiger partial charge in [0.1, 0.15) is 5.75 Å². The fourth-order valence-corrected chi connectivity index (χ4v) is 2.17. The third kappa shape index (κ3) is 4.85. The largest absolute Gasteiger partial charge is 0.495 e. The number of ether oxygens (including phenoxy) is 1. The second kappa shape index (κ2) is 7.45. The highest BCUT2D eigenvalue weighted by Gasteiger charge is 2.10. The Bertz CT molecular complexity index is 709. The van der Waals surface area contributed by atoms with Crippen LogP contribution in [-0.4, -0.2) is 18.9 Å². The number of benzene rings is 2. The van der Waals surface area contributed by atoms with Gasteiger partial charge in [-0.3, -0.25) is 9.59 Å². The van der Waals surface area contributed by atoms with Gasteiger partial charge < -0.3 is 15.4 Å². The molecular weight excluding hydrogens is 292 g/mol. The molecule has 2 aromatic rings. The molecular formula is C18H20N2O3. The number of rotatable bonds is 5. The number of hydrogen-bond acceptors (Lipinski definition) is 3. The summed E-state index contributed by atoms with van der Waals surface area (Å²) in [6.07, 6.45) is 0.272. The Morgan fingerprint density at radius 2 is 1.74 bits per heavy atom. The molecule has 23 heavy (non-hydrogen) atoms. The Kier molecular flexibility index (Phi) is 5.36. The van der Waals surface area contributed by atoms with Gasteiger partial charge in [-0.2, -0.15) is 0 Å². The van der Waals surface area contributed by atoms with Crippen molar-refractivity contribution in [1.29, 1.82) is 0 Å². The number of anilines is 2. The molecule has 0 heterocycles. The average Bonchev–Trinajstić information content (AvgIpc) is 2.49. The van der Waals surface area contributed by atoms with Gasteiger partial charge in [0.05, 0.1) is 19.2 Å². The van der Waals surface area contributed by atoms with Gasteiger partial charge in [0.15, 0.2) is 0 Å². The van der Waals surface area contributed by atoms with Crippen molar-refractivity contribution in [3.8, 4) is 5.75 Å². The molecule has 0 fully saturated rings. The molecule has 0 atom stereocenters. The molecule has 0 saturated heterocycles. The first-order chi connectivity index (χ1) is 11.0. The summed E-state index contributed by atoms with van der Waals surface area (Å²) in [4.78, 5) is 23.4. The van der Waals surface area contributed by atoms with Crippen LogP contribution in [0.4, 0.5) is 11.4 Å². The second-order valence-corrected chi connectivity index (χ2v) is 5.31. The number of carbonyl (C=O) groups excluding carboxylic acids is 2. The van der Waals surface area contributed by atoms with Crippen molar-refractivity contribution in [3.63, 3.8) is 0 Å². The van der Waals surface area contributed by atoms with Crippen molar-refractivity contribution in [2.45, 2.75) is 20.3 Å². The zero-order valence-electron chi connectivity index (χ0n) is 13.5. The first-order valence-electron chi connectivity index (χ1n) is 7.29. The topological polar surface area (TPSA) is 67.4 Å². The maximum absolute atomic E-state index is 12.2. The molecule has 5 nitrogen and oxygen atoms in total. The van der Waals surface area contributed by atoms with E-state index in [4.69, 9.17) is 4.74 Å². The van der Waals surface area contributed by atoms with Crippen LogP contribution in [0, 0.1) is 6.92 Å². The molecule has 0 unspecified atom stereocenters. The molecule has 120 valence electrons. The SMILES string of the molecule is COc1ccc(NC(C)=O)cc1NC(=O)Cc1ccc(C)cc1. The van der Waals surface area contributed by atoms with Gasteiger partial charge >= 0.3 is 0 Å². The van der Waals surface area contributed by atoms with Crippen LogP contribution in [0.5, 0.6) is 5.75 Å². The Morgan fingerprint density at radius 1 is 1.04 bits per heavy atom. The van der Waals surface area contributed by atoms with Crippen LogP contribution in [0.25, 0.3) is 0 Å². The molecule has 0 bridgehead atoms. The predicted octanol–water partition coefficient (Wildman–Crippen LogP) is 3.14. The summed E-state index contributed by atoms with van der Waals surface area (Å²) in [6.45, 7) is 3.43. The molecule has 2 N–H and O–H groups in total. The smallest absolute Gasteiger partial charge is 0.228 e. The van der Waals surface area contributed by atoms with E-state index in [9.17, 15) is 9.59 Å². The lowest BCUT2D eigenvalue weighted by molar-refractivity contribution is -0.116. The molecule has 2 amide bonds. The van der Waals surface area contributed by atoms with Crippen molar-refractivity contribution < 1.29 is 14.3 Å². The molecule has 0 radical (unpaired) electrons. The quantitative estimate of drug-likeness (QED) is 0.891. The van der Waals surface area contributed by atoms with Gasteiger partial charge in [0.2, 0.25) is 11.8 Å². The van der Waals surface area contributed by atoms with Gasteiger partial charge in [-0.15, -0.1) is 0 Å². The van der Waals surface area contributed by atoms with Gasteiger partial charge in [-0.1, -0.05) is 29.8 Å². The number of nitrogens with one attached hydrogen (secondary N) is 2. The number of amides is 2. The van der Waals surface area contributed by atoms with Crippen LogP contribution in [0.15, 0.2) is 42.5 Å². The first kappa shape index (κ1) is 16.5. The van der Waals surface area contributed by atoms with Crippen molar-refractivity contribution >= 4 is 23.2 Å². The highest BCUT2D eigenvalue weighted by atomic mass is 16.5. The Morgan fingerprint density at radius 3 is 2.35 bits per heavy atom. The minimum Gasteiger partial charge on any atom is -0.495 e. The Labute approximate surface area is 135 Å².